The quantitative estimate of drug-likeness (QED) is 0.401. The topological polar surface area (TPSA) is 106 Å². The molecule has 186 valence electrons. The number of hydrogen-bond donors (Lipinski definition) is 1. The summed E-state index contributed by atoms with van der Waals surface area (Å²) in [5.74, 6) is 1.77. The van der Waals surface area contributed by atoms with Gasteiger partial charge in [-0.05, 0) is 35.4 Å². The van der Waals surface area contributed by atoms with Crippen molar-refractivity contribution in [3.8, 4) is 28.4 Å². The molecule has 35 heavy (non-hydrogen) atoms. The SMILES string of the molecule is COCCOCCOc1cccc(C2Oc3cccc(OC)c3-c3ccc(CS(N)(=O)=O)cc32)c1. The Morgan fingerprint density at radius 1 is 0.943 bits per heavy atom. The fourth-order valence-electron chi connectivity index (χ4n) is 4.09. The molecule has 0 fully saturated rings. The first-order valence-corrected chi connectivity index (χ1v) is 12.9. The van der Waals surface area contributed by atoms with Crippen LogP contribution in [0.5, 0.6) is 17.2 Å². The van der Waals surface area contributed by atoms with Gasteiger partial charge in [0.2, 0.25) is 10.0 Å². The first-order valence-electron chi connectivity index (χ1n) is 11.2. The molecule has 1 aliphatic rings. The summed E-state index contributed by atoms with van der Waals surface area (Å²) in [5.41, 5.74) is 4.00. The maximum absolute atomic E-state index is 11.7. The van der Waals surface area contributed by atoms with Crippen molar-refractivity contribution >= 4 is 10.0 Å². The van der Waals surface area contributed by atoms with Gasteiger partial charge in [0.25, 0.3) is 0 Å². The Morgan fingerprint density at radius 3 is 2.51 bits per heavy atom. The van der Waals surface area contributed by atoms with Gasteiger partial charge in [0.15, 0.2) is 0 Å². The summed E-state index contributed by atoms with van der Waals surface area (Å²) in [6.45, 7) is 1.89. The third-order valence-electron chi connectivity index (χ3n) is 5.58. The van der Waals surface area contributed by atoms with E-state index in [1.54, 1.807) is 20.3 Å². The molecule has 0 saturated carbocycles. The van der Waals surface area contributed by atoms with E-state index in [1.165, 1.54) is 0 Å². The average molecular weight is 500 g/mol. The number of fused-ring (bicyclic) bond motifs is 3. The maximum atomic E-state index is 11.7. The molecule has 0 bridgehead atoms. The van der Waals surface area contributed by atoms with Crippen molar-refractivity contribution < 1.29 is 32.1 Å². The van der Waals surface area contributed by atoms with Gasteiger partial charge in [0.05, 0.1) is 38.2 Å². The molecule has 0 amide bonds. The molecule has 8 nitrogen and oxygen atoms in total. The molecule has 0 spiro atoms. The van der Waals surface area contributed by atoms with E-state index in [-0.39, 0.29) is 5.75 Å². The predicted molar refractivity (Wildman–Crippen MR) is 132 cm³/mol. The summed E-state index contributed by atoms with van der Waals surface area (Å²) >= 11 is 0. The summed E-state index contributed by atoms with van der Waals surface area (Å²) in [4.78, 5) is 0. The Morgan fingerprint density at radius 2 is 1.74 bits per heavy atom. The lowest BCUT2D eigenvalue weighted by Crippen LogP contribution is -2.18. The molecule has 3 aromatic carbocycles. The van der Waals surface area contributed by atoms with Crippen LogP contribution in [0.4, 0.5) is 0 Å². The van der Waals surface area contributed by atoms with E-state index < -0.39 is 16.1 Å². The largest absolute Gasteiger partial charge is 0.496 e. The van der Waals surface area contributed by atoms with E-state index in [0.29, 0.717) is 49.2 Å². The highest BCUT2D eigenvalue weighted by Crippen LogP contribution is 2.49. The second kappa shape index (κ2) is 11.1. The normalized spacial score (nSPS) is 14.5. The van der Waals surface area contributed by atoms with Crippen molar-refractivity contribution in [2.45, 2.75) is 11.9 Å². The number of sulfonamides is 1. The van der Waals surface area contributed by atoms with Gasteiger partial charge in [-0.3, -0.25) is 0 Å². The monoisotopic (exact) mass is 499 g/mol. The molecule has 4 rings (SSSR count). The fraction of sp³-hybridized carbons (Fsp3) is 0.308. The molecule has 0 aliphatic carbocycles. The predicted octanol–water partition coefficient (Wildman–Crippen LogP) is 3.67. The minimum atomic E-state index is -3.69. The highest BCUT2D eigenvalue weighted by molar-refractivity contribution is 7.88. The van der Waals surface area contributed by atoms with Crippen LogP contribution in [0.3, 0.4) is 0 Å². The van der Waals surface area contributed by atoms with E-state index >= 15 is 0 Å². The molecule has 0 aromatic heterocycles. The average Bonchev–Trinajstić information content (AvgIpc) is 2.84. The Kier molecular flexibility index (Phi) is 7.92. The van der Waals surface area contributed by atoms with Gasteiger partial charge in [-0.25, -0.2) is 13.6 Å². The maximum Gasteiger partial charge on any atom is 0.213 e. The van der Waals surface area contributed by atoms with Crippen molar-refractivity contribution in [1.29, 1.82) is 0 Å². The minimum absolute atomic E-state index is 0.266. The Labute approximate surface area is 205 Å². The lowest BCUT2D eigenvalue weighted by atomic mass is 9.88. The first kappa shape index (κ1) is 25.0. The number of ether oxygens (including phenoxy) is 5. The van der Waals surface area contributed by atoms with Crippen LogP contribution in [0.1, 0.15) is 22.8 Å². The van der Waals surface area contributed by atoms with Gasteiger partial charge in [-0.2, -0.15) is 0 Å². The molecule has 1 heterocycles. The van der Waals surface area contributed by atoms with E-state index in [1.807, 2.05) is 54.6 Å². The van der Waals surface area contributed by atoms with Crippen molar-refractivity contribution in [2.24, 2.45) is 5.14 Å². The summed E-state index contributed by atoms with van der Waals surface area (Å²) in [5, 5.41) is 5.30. The van der Waals surface area contributed by atoms with Crippen LogP contribution in [-0.2, 0) is 25.2 Å². The van der Waals surface area contributed by atoms with Crippen LogP contribution in [0.2, 0.25) is 0 Å². The van der Waals surface area contributed by atoms with E-state index in [0.717, 1.165) is 22.3 Å². The second-order valence-electron chi connectivity index (χ2n) is 8.09. The van der Waals surface area contributed by atoms with Crippen molar-refractivity contribution in [3.63, 3.8) is 0 Å². The lowest BCUT2D eigenvalue weighted by molar-refractivity contribution is 0.0544. The number of hydrogen-bond acceptors (Lipinski definition) is 7. The van der Waals surface area contributed by atoms with Crippen molar-refractivity contribution in [1.82, 2.24) is 0 Å². The third-order valence-corrected chi connectivity index (χ3v) is 6.31. The van der Waals surface area contributed by atoms with Crippen molar-refractivity contribution in [2.75, 3.05) is 40.6 Å². The Bertz CT molecular complexity index is 1280. The van der Waals surface area contributed by atoms with E-state index in [2.05, 4.69) is 0 Å². The second-order valence-corrected chi connectivity index (χ2v) is 9.70. The lowest BCUT2D eigenvalue weighted by Gasteiger charge is -2.30. The molecular formula is C26H29NO7S. The molecule has 2 N–H and O–H groups in total. The van der Waals surface area contributed by atoms with E-state index in [4.69, 9.17) is 28.8 Å². The summed E-state index contributed by atoms with van der Waals surface area (Å²) in [6, 6.07) is 18.8. The summed E-state index contributed by atoms with van der Waals surface area (Å²) in [7, 11) is -0.454. The zero-order valence-electron chi connectivity index (χ0n) is 19.7. The van der Waals surface area contributed by atoms with Gasteiger partial charge < -0.3 is 23.7 Å². The number of benzene rings is 3. The van der Waals surface area contributed by atoms with Gasteiger partial charge in [-0.15, -0.1) is 0 Å². The molecule has 1 unspecified atom stereocenters. The molecular weight excluding hydrogens is 470 g/mol. The third kappa shape index (κ3) is 6.12. The van der Waals surface area contributed by atoms with Gasteiger partial charge >= 0.3 is 0 Å². The zero-order valence-corrected chi connectivity index (χ0v) is 20.5. The van der Waals surface area contributed by atoms with Crippen LogP contribution in [0.15, 0.2) is 60.7 Å². The van der Waals surface area contributed by atoms with Crippen LogP contribution < -0.4 is 19.3 Å². The van der Waals surface area contributed by atoms with Crippen molar-refractivity contribution in [3.05, 3.63) is 77.4 Å². The zero-order chi connectivity index (χ0) is 24.8. The van der Waals surface area contributed by atoms with Crippen LogP contribution in [0.25, 0.3) is 11.1 Å². The smallest absolute Gasteiger partial charge is 0.213 e. The minimum Gasteiger partial charge on any atom is -0.496 e. The number of rotatable bonds is 11. The highest BCUT2D eigenvalue weighted by atomic mass is 32.2. The summed E-state index contributed by atoms with van der Waals surface area (Å²) in [6.07, 6.45) is -0.480. The van der Waals surface area contributed by atoms with Crippen LogP contribution in [-0.4, -0.2) is 49.1 Å². The Balaban J connectivity index is 1.66. The standard InChI is InChI=1S/C26H29NO7S/c1-30-11-12-32-13-14-33-20-6-3-5-19(16-20)26-22-15-18(17-35(27,28)29)9-10-21(22)25-23(31-2)7-4-8-24(25)34-26/h3-10,15-16,26H,11-14,17H2,1-2H3,(H2,27,28,29). The van der Waals surface area contributed by atoms with Gasteiger partial charge in [-0.1, -0.05) is 36.4 Å². The van der Waals surface area contributed by atoms with E-state index in [9.17, 15) is 8.42 Å². The van der Waals surface area contributed by atoms with Crippen LogP contribution in [0, 0.1) is 0 Å². The molecule has 9 heteroatoms. The summed E-state index contributed by atoms with van der Waals surface area (Å²) < 4.78 is 51.8. The molecule has 0 radical (unpaired) electrons. The molecule has 0 saturated heterocycles. The molecule has 3 aromatic rings. The number of nitrogens with two attached hydrogens (primary N) is 1. The van der Waals surface area contributed by atoms with Crippen LogP contribution >= 0.6 is 0 Å². The number of methoxy groups -OCH3 is 2. The molecule has 1 aliphatic heterocycles. The van der Waals surface area contributed by atoms with Gasteiger partial charge in [0, 0.05) is 18.2 Å². The number of primary sulfonamides is 1. The first-order chi connectivity index (χ1) is 16.9. The van der Waals surface area contributed by atoms with Gasteiger partial charge in [0.1, 0.15) is 30.0 Å². The fourth-order valence-corrected chi connectivity index (χ4v) is 4.74. The molecule has 1 atom stereocenters. The highest BCUT2D eigenvalue weighted by Gasteiger charge is 2.30. The Hall–Kier alpha value is -3.11.